The van der Waals surface area contributed by atoms with Crippen LogP contribution in [0, 0.1) is 5.92 Å². The van der Waals surface area contributed by atoms with Crippen molar-refractivity contribution in [3.05, 3.63) is 29.3 Å². The van der Waals surface area contributed by atoms with Crippen LogP contribution in [0.1, 0.15) is 38.5 Å². The van der Waals surface area contributed by atoms with Gasteiger partial charge in [-0.05, 0) is 49.8 Å². The molecule has 7 nitrogen and oxygen atoms in total. The molecular weight excluding hydrogens is 416 g/mol. The van der Waals surface area contributed by atoms with Crippen molar-refractivity contribution >= 4 is 29.2 Å². The molecular formula is C23H33ClN4O3. The predicted molar refractivity (Wildman–Crippen MR) is 121 cm³/mol. The van der Waals surface area contributed by atoms with Gasteiger partial charge in [-0.25, -0.2) is 4.79 Å². The third-order valence-corrected chi connectivity index (χ3v) is 6.95. The van der Waals surface area contributed by atoms with Crippen LogP contribution in [0.25, 0.3) is 0 Å². The third-order valence-electron chi connectivity index (χ3n) is 6.71. The van der Waals surface area contributed by atoms with E-state index in [1.54, 1.807) is 12.1 Å². The van der Waals surface area contributed by atoms with Crippen molar-refractivity contribution < 1.29 is 14.3 Å². The van der Waals surface area contributed by atoms with E-state index in [0.29, 0.717) is 49.4 Å². The highest BCUT2D eigenvalue weighted by atomic mass is 35.5. The zero-order chi connectivity index (χ0) is 21.6. The van der Waals surface area contributed by atoms with Gasteiger partial charge >= 0.3 is 6.03 Å². The Hall–Kier alpha value is -1.83. The maximum atomic E-state index is 13.2. The van der Waals surface area contributed by atoms with E-state index >= 15 is 0 Å². The first-order valence-corrected chi connectivity index (χ1v) is 11.9. The molecule has 3 amide bonds. The van der Waals surface area contributed by atoms with E-state index in [4.69, 9.17) is 16.3 Å². The fraction of sp³-hybridized carbons (Fsp3) is 0.652. The Morgan fingerprint density at radius 2 is 1.87 bits per heavy atom. The Balaban J connectivity index is 1.32. The second-order valence-corrected chi connectivity index (χ2v) is 9.27. The molecule has 2 heterocycles. The van der Waals surface area contributed by atoms with Crippen LogP contribution in [0.4, 0.5) is 10.5 Å². The number of nitrogens with one attached hydrogen (secondary N) is 2. The normalized spacial score (nSPS) is 23.6. The molecule has 0 aromatic heterocycles. The number of piperazine rings is 1. The summed E-state index contributed by atoms with van der Waals surface area (Å²) in [4.78, 5) is 29.9. The maximum Gasteiger partial charge on any atom is 0.321 e. The topological polar surface area (TPSA) is 73.9 Å². The molecule has 0 bridgehead atoms. The number of hydrogen-bond donors (Lipinski definition) is 2. The molecule has 0 radical (unpaired) electrons. The summed E-state index contributed by atoms with van der Waals surface area (Å²) in [6.45, 7) is 4.02. The Bertz CT molecular complexity index is 757. The van der Waals surface area contributed by atoms with Crippen molar-refractivity contribution in [1.82, 2.24) is 15.1 Å². The van der Waals surface area contributed by atoms with Gasteiger partial charge in [0.05, 0.1) is 12.1 Å². The summed E-state index contributed by atoms with van der Waals surface area (Å²) < 4.78 is 5.66. The average Bonchev–Trinajstić information content (AvgIpc) is 3.47. The highest BCUT2D eigenvalue weighted by Gasteiger charge is 2.37. The Labute approximate surface area is 189 Å². The van der Waals surface area contributed by atoms with Crippen LogP contribution in [0.5, 0.6) is 0 Å². The lowest BCUT2D eigenvalue weighted by Crippen LogP contribution is -2.58. The number of nitrogens with zero attached hydrogens (tertiary/aromatic N) is 2. The average molecular weight is 449 g/mol. The Morgan fingerprint density at radius 3 is 2.55 bits per heavy atom. The summed E-state index contributed by atoms with van der Waals surface area (Å²) in [6, 6.07) is 6.93. The first-order valence-electron chi connectivity index (χ1n) is 11.5. The number of ether oxygens (including phenoxy) is 1. The summed E-state index contributed by atoms with van der Waals surface area (Å²) >= 11 is 6.01. The van der Waals surface area contributed by atoms with Gasteiger partial charge in [-0.1, -0.05) is 30.5 Å². The Morgan fingerprint density at radius 1 is 1.10 bits per heavy atom. The van der Waals surface area contributed by atoms with Gasteiger partial charge in [0.1, 0.15) is 0 Å². The first-order chi connectivity index (χ1) is 15.1. The summed E-state index contributed by atoms with van der Waals surface area (Å²) in [6.07, 6.45) is 6.85. The maximum absolute atomic E-state index is 13.2. The van der Waals surface area contributed by atoms with Crippen molar-refractivity contribution in [2.75, 3.05) is 44.6 Å². The zero-order valence-corrected chi connectivity index (χ0v) is 18.8. The van der Waals surface area contributed by atoms with Crippen molar-refractivity contribution in [3.63, 3.8) is 0 Å². The quantitative estimate of drug-likeness (QED) is 0.700. The Kier molecular flexibility index (Phi) is 7.69. The molecule has 170 valence electrons. The number of hydrogen-bond acceptors (Lipinski definition) is 4. The van der Waals surface area contributed by atoms with E-state index < -0.39 is 0 Å². The lowest BCUT2D eigenvalue weighted by molar-refractivity contribution is -0.129. The van der Waals surface area contributed by atoms with Gasteiger partial charge in [-0.2, -0.15) is 0 Å². The van der Waals surface area contributed by atoms with Gasteiger partial charge in [0.2, 0.25) is 5.91 Å². The first kappa shape index (κ1) is 22.4. The number of rotatable bonds is 6. The zero-order valence-electron chi connectivity index (χ0n) is 18.0. The number of carbonyl (C=O) groups is 2. The van der Waals surface area contributed by atoms with E-state index in [2.05, 4.69) is 15.5 Å². The van der Waals surface area contributed by atoms with Gasteiger partial charge in [-0.3, -0.25) is 9.69 Å². The molecule has 2 unspecified atom stereocenters. The number of urea groups is 1. The monoisotopic (exact) mass is 448 g/mol. The minimum absolute atomic E-state index is 0.109. The van der Waals surface area contributed by atoms with Gasteiger partial charge in [0.25, 0.3) is 0 Å². The lowest BCUT2D eigenvalue weighted by Gasteiger charge is -2.40. The van der Waals surface area contributed by atoms with E-state index in [1.807, 2.05) is 17.0 Å². The number of anilines is 1. The highest BCUT2D eigenvalue weighted by Crippen LogP contribution is 2.31. The molecule has 1 aliphatic carbocycles. The van der Waals surface area contributed by atoms with Crippen LogP contribution >= 0.6 is 11.6 Å². The number of amides is 3. The van der Waals surface area contributed by atoms with Crippen LogP contribution in [0.15, 0.2) is 24.3 Å². The summed E-state index contributed by atoms with van der Waals surface area (Å²) in [5.41, 5.74) is 0.692. The minimum Gasteiger partial charge on any atom is -0.376 e. The van der Waals surface area contributed by atoms with Crippen molar-refractivity contribution in [2.24, 2.45) is 5.92 Å². The van der Waals surface area contributed by atoms with Crippen molar-refractivity contribution in [2.45, 2.75) is 50.7 Å². The molecule has 8 heteroatoms. The van der Waals surface area contributed by atoms with Gasteiger partial charge in [0, 0.05) is 50.0 Å². The highest BCUT2D eigenvalue weighted by molar-refractivity contribution is 6.30. The molecule has 2 saturated heterocycles. The standard InChI is InChI=1S/C23H33ClN4O3/c24-18-7-3-8-19(15-18)26-23(30)28-12-10-27(11-13-28)21(17-5-1-2-6-17)22(29)25-16-20-9-4-14-31-20/h3,7-8,15,17,20-21H,1-2,4-6,9-14,16H2,(H,25,29)(H,26,30). The number of benzene rings is 1. The van der Waals surface area contributed by atoms with Crippen LogP contribution in [0.2, 0.25) is 5.02 Å². The second-order valence-electron chi connectivity index (χ2n) is 8.83. The van der Waals surface area contributed by atoms with E-state index in [1.165, 1.54) is 12.8 Å². The van der Waals surface area contributed by atoms with Crippen LogP contribution in [-0.4, -0.2) is 73.2 Å². The molecule has 2 aliphatic heterocycles. The predicted octanol–water partition coefficient (Wildman–Crippen LogP) is 3.34. The van der Waals surface area contributed by atoms with Gasteiger partial charge in [0.15, 0.2) is 0 Å². The van der Waals surface area contributed by atoms with E-state index in [-0.39, 0.29) is 24.1 Å². The largest absolute Gasteiger partial charge is 0.376 e. The minimum atomic E-state index is -0.123. The van der Waals surface area contributed by atoms with Crippen LogP contribution in [-0.2, 0) is 9.53 Å². The smallest absolute Gasteiger partial charge is 0.321 e. The molecule has 1 aromatic carbocycles. The van der Waals surface area contributed by atoms with E-state index in [9.17, 15) is 9.59 Å². The SMILES string of the molecule is O=C(NCC1CCCO1)C(C1CCCC1)N1CCN(C(=O)Nc2cccc(Cl)c2)CC1. The van der Waals surface area contributed by atoms with Crippen molar-refractivity contribution in [3.8, 4) is 0 Å². The molecule has 1 aromatic rings. The molecule has 2 N–H and O–H groups in total. The summed E-state index contributed by atoms with van der Waals surface area (Å²) in [5.74, 6) is 0.524. The molecule has 2 atom stereocenters. The fourth-order valence-corrected chi connectivity index (χ4v) is 5.24. The number of halogens is 1. The molecule has 3 aliphatic rings. The summed E-state index contributed by atoms with van der Waals surface area (Å²) in [7, 11) is 0. The molecule has 3 fully saturated rings. The van der Waals surface area contributed by atoms with Gasteiger partial charge in [-0.15, -0.1) is 0 Å². The second kappa shape index (κ2) is 10.7. The molecule has 31 heavy (non-hydrogen) atoms. The van der Waals surface area contributed by atoms with Gasteiger partial charge < -0.3 is 20.3 Å². The molecule has 0 spiro atoms. The lowest BCUT2D eigenvalue weighted by atomic mass is 9.95. The van der Waals surface area contributed by atoms with Crippen LogP contribution in [0.3, 0.4) is 0 Å². The van der Waals surface area contributed by atoms with E-state index in [0.717, 1.165) is 32.3 Å². The molecule has 4 rings (SSSR count). The molecule has 1 saturated carbocycles. The fourth-order valence-electron chi connectivity index (χ4n) is 5.05. The number of carbonyl (C=O) groups excluding carboxylic acids is 2. The summed E-state index contributed by atoms with van der Waals surface area (Å²) in [5, 5.41) is 6.67. The van der Waals surface area contributed by atoms with Crippen LogP contribution < -0.4 is 10.6 Å². The third kappa shape index (κ3) is 5.90. The van der Waals surface area contributed by atoms with Crippen molar-refractivity contribution in [1.29, 1.82) is 0 Å².